The third-order valence-corrected chi connectivity index (χ3v) is 4.25. The van der Waals surface area contributed by atoms with Crippen LogP contribution in [-0.2, 0) is 4.79 Å². The van der Waals surface area contributed by atoms with Crippen molar-refractivity contribution in [3.05, 3.63) is 29.8 Å². The summed E-state index contributed by atoms with van der Waals surface area (Å²) in [6.07, 6.45) is 1.30. The van der Waals surface area contributed by atoms with Crippen LogP contribution < -0.4 is 15.5 Å². The Morgan fingerprint density at radius 3 is 2.54 bits per heavy atom. The van der Waals surface area contributed by atoms with Crippen molar-refractivity contribution in [1.82, 2.24) is 15.5 Å². The first kappa shape index (κ1) is 19.9. The molecule has 0 spiro atoms. The zero-order chi connectivity index (χ0) is 18.9. The lowest BCUT2D eigenvalue weighted by Crippen LogP contribution is -2.53. The van der Waals surface area contributed by atoms with E-state index in [1.807, 2.05) is 11.8 Å². The number of anilines is 1. The van der Waals surface area contributed by atoms with Crippen LogP contribution in [0.1, 0.15) is 19.8 Å². The van der Waals surface area contributed by atoms with E-state index in [4.69, 9.17) is 0 Å². The van der Waals surface area contributed by atoms with Crippen molar-refractivity contribution in [2.45, 2.75) is 19.8 Å². The number of rotatable bonds is 6. The number of carbonyl (C=O) groups is 1. The Balaban J connectivity index is 1.82. The number of benzene rings is 1. The molecule has 6 nitrogen and oxygen atoms in total. The largest absolute Gasteiger partial charge is 0.366 e. The highest BCUT2D eigenvalue weighted by molar-refractivity contribution is 5.81. The number of nitrogens with zero attached hydrogens (tertiary/aromatic N) is 3. The van der Waals surface area contributed by atoms with Crippen LogP contribution in [0.4, 0.5) is 14.5 Å². The SMILES string of the molecule is CCCNC(=O)CCNC(=NC)N1CCN(c2cc(F)ccc2F)CC1. The van der Waals surface area contributed by atoms with E-state index in [1.54, 1.807) is 7.05 Å². The van der Waals surface area contributed by atoms with Gasteiger partial charge in [0.15, 0.2) is 5.96 Å². The molecule has 1 aliphatic heterocycles. The quantitative estimate of drug-likeness (QED) is 0.592. The van der Waals surface area contributed by atoms with Gasteiger partial charge in [0.2, 0.25) is 5.91 Å². The van der Waals surface area contributed by atoms with Crippen molar-refractivity contribution < 1.29 is 13.6 Å². The zero-order valence-electron chi connectivity index (χ0n) is 15.4. The molecule has 1 aromatic carbocycles. The van der Waals surface area contributed by atoms with E-state index in [0.29, 0.717) is 57.3 Å². The Hall–Kier alpha value is -2.38. The summed E-state index contributed by atoms with van der Waals surface area (Å²) < 4.78 is 27.3. The van der Waals surface area contributed by atoms with Gasteiger partial charge in [0.1, 0.15) is 11.6 Å². The fourth-order valence-electron chi connectivity index (χ4n) is 2.86. The van der Waals surface area contributed by atoms with E-state index < -0.39 is 11.6 Å². The van der Waals surface area contributed by atoms with Gasteiger partial charge >= 0.3 is 0 Å². The maximum absolute atomic E-state index is 13.9. The lowest BCUT2D eigenvalue weighted by atomic mass is 10.2. The molecule has 8 heteroatoms. The molecule has 1 saturated heterocycles. The van der Waals surface area contributed by atoms with Gasteiger partial charge in [-0.15, -0.1) is 0 Å². The summed E-state index contributed by atoms with van der Waals surface area (Å²) in [4.78, 5) is 19.8. The predicted molar refractivity (Wildman–Crippen MR) is 99.4 cm³/mol. The maximum atomic E-state index is 13.9. The molecule has 0 saturated carbocycles. The molecule has 2 rings (SSSR count). The number of amides is 1. The topological polar surface area (TPSA) is 60.0 Å². The van der Waals surface area contributed by atoms with E-state index in [0.717, 1.165) is 18.6 Å². The van der Waals surface area contributed by atoms with Gasteiger partial charge in [0, 0.05) is 58.8 Å². The van der Waals surface area contributed by atoms with Gasteiger partial charge in [-0.05, 0) is 18.6 Å². The van der Waals surface area contributed by atoms with E-state index in [2.05, 4.69) is 20.5 Å². The third kappa shape index (κ3) is 5.57. The molecule has 2 N–H and O–H groups in total. The van der Waals surface area contributed by atoms with E-state index >= 15 is 0 Å². The molecule has 0 bridgehead atoms. The second-order valence-electron chi connectivity index (χ2n) is 6.14. The summed E-state index contributed by atoms with van der Waals surface area (Å²) in [5, 5.41) is 6.02. The molecule has 0 unspecified atom stereocenters. The number of hydrogen-bond donors (Lipinski definition) is 2. The Bertz CT molecular complexity index is 630. The number of piperazine rings is 1. The first-order valence-corrected chi connectivity index (χ1v) is 8.97. The number of halogens is 2. The second kappa shape index (κ2) is 9.94. The minimum Gasteiger partial charge on any atom is -0.366 e. The fraction of sp³-hybridized carbons (Fsp3) is 0.556. The standard InChI is InChI=1S/C18H27F2N5O/c1-3-7-22-17(26)6-8-23-18(21-2)25-11-9-24(10-12-25)16-13-14(19)4-5-15(16)20/h4-5,13H,3,6-12H2,1-2H3,(H,21,23)(H,22,26). The van der Waals surface area contributed by atoms with Gasteiger partial charge < -0.3 is 20.4 Å². The molecule has 0 aliphatic carbocycles. The van der Waals surface area contributed by atoms with Gasteiger partial charge in [-0.1, -0.05) is 6.92 Å². The highest BCUT2D eigenvalue weighted by atomic mass is 19.1. The Labute approximate surface area is 153 Å². The smallest absolute Gasteiger partial charge is 0.221 e. The van der Waals surface area contributed by atoms with Crippen molar-refractivity contribution in [3.63, 3.8) is 0 Å². The normalized spacial score (nSPS) is 15.2. The lowest BCUT2D eigenvalue weighted by molar-refractivity contribution is -0.120. The Morgan fingerprint density at radius 2 is 1.88 bits per heavy atom. The molecule has 144 valence electrons. The summed E-state index contributed by atoms with van der Waals surface area (Å²) in [5.74, 6) is -0.128. The van der Waals surface area contributed by atoms with Crippen LogP contribution in [0.2, 0.25) is 0 Å². The molecule has 0 atom stereocenters. The highest BCUT2D eigenvalue weighted by Gasteiger charge is 2.22. The van der Waals surface area contributed by atoms with Gasteiger partial charge in [-0.3, -0.25) is 9.79 Å². The molecular formula is C18H27F2N5O. The number of carbonyl (C=O) groups excluding carboxylic acids is 1. The summed E-state index contributed by atoms with van der Waals surface area (Å²) in [6, 6.07) is 3.51. The second-order valence-corrected chi connectivity index (χ2v) is 6.14. The number of nitrogens with one attached hydrogen (secondary N) is 2. The molecule has 1 amide bonds. The molecule has 1 aromatic rings. The molecule has 26 heavy (non-hydrogen) atoms. The van der Waals surface area contributed by atoms with Crippen molar-refractivity contribution in [2.24, 2.45) is 4.99 Å². The first-order chi connectivity index (χ1) is 12.5. The monoisotopic (exact) mass is 367 g/mol. The molecule has 1 aliphatic rings. The van der Waals surface area contributed by atoms with E-state index in [9.17, 15) is 13.6 Å². The molecule has 1 fully saturated rings. The van der Waals surface area contributed by atoms with Crippen molar-refractivity contribution >= 4 is 17.6 Å². The van der Waals surface area contributed by atoms with Crippen LogP contribution in [0.25, 0.3) is 0 Å². The highest BCUT2D eigenvalue weighted by Crippen LogP contribution is 2.21. The zero-order valence-corrected chi connectivity index (χ0v) is 15.4. The van der Waals surface area contributed by atoms with Gasteiger partial charge in [-0.25, -0.2) is 8.78 Å². The molecular weight excluding hydrogens is 340 g/mol. The van der Waals surface area contributed by atoms with Crippen LogP contribution in [0.5, 0.6) is 0 Å². The number of hydrogen-bond acceptors (Lipinski definition) is 3. The van der Waals surface area contributed by atoms with Gasteiger partial charge in [-0.2, -0.15) is 0 Å². The summed E-state index contributed by atoms with van der Waals surface area (Å²) in [5.41, 5.74) is 0.292. The summed E-state index contributed by atoms with van der Waals surface area (Å²) >= 11 is 0. The first-order valence-electron chi connectivity index (χ1n) is 8.97. The van der Waals surface area contributed by atoms with Crippen LogP contribution >= 0.6 is 0 Å². The minimum atomic E-state index is -0.442. The molecule has 0 radical (unpaired) electrons. The van der Waals surface area contributed by atoms with Crippen LogP contribution in [0.3, 0.4) is 0 Å². The fourth-order valence-corrected chi connectivity index (χ4v) is 2.86. The van der Waals surface area contributed by atoms with Crippen molar-refractivity contribution in [2.75, 3.05) is 51.2 Å². The third-order valence-electron chi connectivity index (χ3n) is 4.25. The van der Waals surface area contributed by atoms with Crippen LogP contribution in [-0.4, -0.2) is 63.1 Å². The Morgan fingerprint density at radius 1 is 1.15 bits per heavy atom. The Kier molecular flexibility index (Phi) is 7.62. The van der Waals surface area contributed by atoms with E-state index in [1.165, 1.54) is 6.07 Å². The van der Waals surface area contributed by atoms with Crippen molar-refractivity contribution in [1.29, 1.82) is 0 Å². The predicted octanol–water partition coefficient (Wildman–Crippen LogP) is 1.58. The molecule has 1 heterocycles. The summed E-state index contributed by atoms with van der Waals surface area (Å²) in [6.45, 7) is 5.61. The lowest BCUT2D eigenvalue weighted by Gasteiger charge is -2.37. The minimum absolute atomic E-state index is 0.0150. The number of aliphatic imine (C=N–C) groups is 1. The van der Waals surface area contributed by atoms with Crippen LogP contribution in [0.15, 0.2) is 23.2 Å². The van der Waals surface area contributed by atoms with E-state index in [-0.39, 0.29) is 5.91 Å². The maximum Gasteiger partial charge on any atom is 0.221 e. The van der Waals surface area contributed by atoms with Crippen molar-refractivity contribution in [3.8, 4) is 0 Å². The summed E-state index contributed by atoms with van der Waals surface area (Å²) in [7, 11) is 1.69. The average Bonchev–Trinajstić information content (AvgIpc) is 2.66. The molecule has 0 aromatic heterocycles. The number of guanidine groups is 1. The average molecular weight is 367 g/mol. The van der Waals surface area contributed by atoms with Gasteiger partial charge in [0.05, 0.1) is 5.69 Å². The van der Waals surface area contributed by atoms with Crippen LogP contribution in [0, 0.1) is 11.6 Å². The van der Waals surface area contributed by atoms with Gasteiger partial charge in [0.25, 0.3) is 0 Å².